The van der Waals surface area contributed by atoms with Crippen molar-refractivity contribution in [3.63, 3.8) is 0 Å². The van der Waals surface area contributed by atoms with Gasteiger partial charge in [-0.25, -0.2) is 9.64 Å². The monoisotopic (exact) mass is 366 g/mol. The topological polar surface area (TPSA) is 77.4 Å². The highest BCUT2D eigenvalue weighted by molar-refractivity contribution is 5.96. The van der Waals surface area contributed by atoms with Gasteiger partial charge in [0.05, 0.1) is 12.3 Å². The Morgan fingerprint density at radius 1 is 1.50 bits per heavy atom. The van der Waals surface area contributed by atoms with Crippen molar-refractivity contribution in [1.29, 1.82) is 0 Å². The Hall–Kier alpha value is -2.96. The molecular formula is C16H17F3N6O. The summed E-state index contributed by atoms with van der Waals surface area (Å²) in [6.45, 7) is 8.44. The van der Waals surface area contributed by atoms with Gasteiger partial charge >= 0.3 is 12.2 Å². The Kier molecular flexibility index (Phi) is 4.63. The van der Waals surface area contributed by atoms with Crippen molar-refractivity contribution in [3.8, 4) is 0 Å². The van der Waals surface area contributed by atoms with E-state index in [0.29, 0.717) is 23.6 Å². The highest BCUT2D eigenvalue weighted by Gasteiger charge is 2.35. The number of nitrogens with one attached hydrogen (secondary N) is 3. The number of rotatable bonds is 3. The number of carbonyl (C=O) groups excluding carboxylic acids is 1. The SMILES string of the molecule is [C-]#[N+]c1cnc2[nH]ccc2c1N[C@H]1CN(C(=O)NCC(F)(F)F)C[C@H]1C. The van der Waals surface area contributed by atoms with Gasteiger partial charge in [-0.05, 0) is 12.0 Å². The number of aromatic nitrogens is 2. The number of carbonyl (C=O) groups is 1. The molecule has 3 heterocycles. The second kappa shape index (κ2) is 6.74. The number of alkyl halides is 3. The largest absolute Gasteiger partial charge is 0.405 e. The lowest BCUT2D eigenvalue weighted by Gasteiger charge is -2.20. The van der Waals surface area contributed by atoms with Gasteiger partial charge < -0.3 is 20.5 Å². The highest BCUT2D eigenvalue weighted by atomic mass is 19.4. The zero-order valence-corrected chi connectivity index (χ0v) is 13.9. The fourth-order valence-electron chi connectivity index (χ4n) is 3.03. The second-order valence-electron chi connectivity index (χ2n) is 6.28. The number of likely N-dealkylation sites (tertiary alicyclic amines) is 1. The molecule has 2 amide bonds. The van der Waals surface area contributed by atoms with Crippen molar-refractivity contribution in [3.05, 3.63) is 29.9 Å². The molecule has 2 atom stereocenters. The number of aromatic amines is 1. The number of fused-ring (bicyclic) bond motifs is 1. The highest BCUT2D eigenvalue weighted by Crippen LogP contribution is 2.34. The van der Waals surface area contributed by atoms with E-state index >= 15 is 0 Å². The molecule has 0 saturated carbocycles. The van der Waals surface area contributed by atoms with Crippen molar-refractivity contribution in [2.45, 2.75) is 19.1 Å². The van der Waals surface area contributed by atoms with Gasteiger partial charge in [-0.15, -0.1) is 0 Å². The van der Waals surface area contributed by atoms with Gasteiger partial charge in [-0.3, -0.25) is 4.98 Å². The zero-order valence-electron chi connectivity index (χ0n) is 13.9. The van der Waals surface area contributed by atoms with E-state index in [0.717, 1.165) is 5.39 Å². The molecule has 0 aliphatic carbocycles. The van der Waals surface area contributed by atoms with Gasteiger partial charge in [0.15, 0.2) is 0 Å². The third kappa shape index (κ3) is 3.66. The van der Waals surface area contributed by atoms with Gasteiger partial charge in [-0.2, -0.15) is 13.2 Å². The molecule has 26 heavy (non-hydrogen) atoms. The number of halogens is 3. The molecule has 10 heteroatoms. The van der Waals surface area contributed by atoms with Crippen molar-refractivity contribution in [1.82, 2.24) is 20.2 Å². The van der Waals surface area contributed by atoms with Gasteiger partial charge in [-0.1, -0.05) is 6.92 Å². The first-order chi connectivity index (χ1) is 12.3. The summed E-state index contributed by atoms with van der Waals surface area (Å²) in [4.78, 5) is 23.9. The Bertz CT molecular complexity index is 856. The van der Waals surface area contributed by atoms with E-state index in [9.17, 15) is 18.0 Å². The minimum absolute atomic E-state index is 0.00683. The maximum absolute atomic E-state index is 12.3. The van der Waals surface area contributed by atoms with Crippen LogP contribution in [0.25, 0.3) is 15.9 Å². The average Bonchev–Trinajstić information content (AvgIpc) is 3.19. The predicted octanol–water partition coefficient (Wildman–Crippen LogP) is 3.12. The number of hydrogen-bond donors (Lipinski definition) is 3. The molecule has 0 bridgehead atoms. The summed E-state index contributed by atoms with van der Waals surface area (Å²) >= 11 is 0. The maximum atomic E-state index is 12.3. The minimum atomic E-state index is -4.44. The van der Waals surface area contributed by atoms with Crippen LogP contribution in [0, 0.1) is 12.5 Å². The van der Waals surface area contributed by atoms with Gasteiger partial charge in [0.25, 0.3) is 0 Å². The number of H-pyrrole nitrogens is 1. The molecule has 138 valence electrons. The minimum Gasteiger partial charge on any atom is -0.388 e. The number of anilines is 1. The zero-order chi connectivity index (χ0) is 18.9. The molecule has 3 N–H and O–H groups in total. The normalized spacial score (nSPS) is 20.2. The third-order valence-electron chi connectivity index (χ3n) is 4.36. The third-order valence-corrected chi connectivity index (χ3v) is 4.36. The van der Waals surface area contributed by atoms with Crippen LogP contribution in [0.15, 0.2) is 18.5 Å². The van der Waals surface area contributed by atoms with E-state index in [1.165, 1.54) is 11.1 Å². The molecule has 1 aliphatic rings. The molecule has 7 nitrogen and oxygen atoms in total. The lowest BCUT2D eigenvalue weighted by atomic mass is 10.1. The van der Waals surface area contributed by atoms with Crippen LogP contribution in [0.1, 0.15) is 6.92 Å². The van der Waals surface area contributed by atoms with Crippen LogP contribution in [0.5, 0.6) is 0 Å². The number of urea groups is 1. The molecule has 1 aliphatic heterocycles. The Labute approximate surface area is 147 Å². The fourth-order valence-corrected chi connectivity index (χ4v) is 3.03. The summed E-state index contributed by atoms with van der Waals surface area (Å²) in [7, 11) is 0. The van der Waals surface area contributed by atoms with Crippen molar-refractivity contribution in [2.24, 2.45) is 5.92 Å². The van der Waals surface area contributed by atoms with E-state index in [-0.39, 0.29) is 18.5 Å². The fraction of sp³-hybridized carbons (Fsp3) is 0.438. The summed E-state index contributed by atoms with van der Waals surface area (Å²) < 4.78 is 36.8. The molecule has 2 aromatic heterocycles. The molecule has 0 unspecified atom stereocenters. The molecular weight excluding hydrogens is 349 g/mol. The van der Waals surface area contributed by atoms with Gasteiger partial charge in [0, 0.05) is 36.9 Å². The Balaban J connectivity index is 1.73. The maximum Gasteiger partial charge on any atom is 0.405 e. The molecule has 0 radical (unpaired) electrons. The van der Waals surface area contributed by atoms with Crippen LogP contribution in [0.4, 0.5) is 29.3 Å². The number of nitrogens with zero attached hydrogens (tertiary/aromatic N) is 3. The summed E-state index contributed by atoms with van der Waals surface area (Å²) in [5.74, 6) is 0.00683. The molecule has 0 aromatic carbocycles. The quantitative estimate of drug-likeness (QED) is 0.731. The first-order valence-corrected chi connectivity index (χ1v) is 7.98. The second-order valence-corrected chi connectivity index (χ2v) is 6.28. The lowest BCUT2D eigenvalue weighted by molar-refractivity contribution is -0.123. The molecule has 1 saturated heterocycles. The molecule has 2 aromatic rings. The molecule has 3 rings (SSSR count). The van der Waals surface area contributed by atoms with Crippen LogP contribution in [0.2, 0.25) is 0 Å². The van der Waals surface area contributed by atoms with Gasteiger partial charge in [0.2, 0.25) is 5.69 Å². The van der Waals surface area contributed by atoms with Crippen molar-refractivity contribution in [2.75, 3.05) is 25.0 Å². The van der Waals surface area contributed by atoms with E-state index < -0.39 is 18.8 Å². The number of pyridine rings is 1. The Morgan fingerprint density at radius 3 is 2.96 bits per heavy atom. The average molecular weight is 366 g/mol. The smallest absolute Gasteiger partial charge is 0.388 e. The van der Waals surface area contributed by atoms with E-state index in [4.69, 9.17) is 6.57 Å². The van der Waals surface area contributed by atoms with Crippen LogP contribution in [-0.2, 0) is 0 Å². The van der Waals surface area contributed by atoms with E-state index in [2.05, 4.69) is 20.1 Å². The Morgan fingerprint density at radius 2 is 2.27 bits per heavy atom. The standard InChI is InChI=1S/C16H17F3N6O/c1-9-6-25(15(26)23-8-16(17,18)19)7-12(9)24-13-10-3-4-21-14(10)22-5-11(13)20-2/h3-5,9,12H,6-8H2,1H3,(H,23,26)(H2,21,22,24)/t9-,12+/m1/s1. The number of hydrogen-bond acceptors (Lipinski definition) is 3. The van der Waals surface area contributed by atoms with Crippen molar-refractivity contribution >= 4 is 28.4 Å². The first kappa shape index (κ1) is 17.8. The lowest BCUT2D eigenvalue weighted by Crippen LogP contribution is -2.43. The molecule has 0 spiro atoms. The van der Waals surface area contributed by atoms with Crippen LogP contribution < -0.4 is 10.6 Å². The van der Waals surface area contributed by atoms with Crippen LogP contribution in [0.3, 0.4) is 0 Å². The van der Waals surface area contributed by atoms with Gasteiger partial charge in [0.1, 0.15) is 12.2 Å². The van der Waals surface area contributed by atoms with Crippen molar-refractivity contribution < 1.29 is 18.0 Å². The first-order valence-electron chi connectivity index (χ1n) is 7.98. The van der Waals surface area contributed by atoms with E-state index in [1.807, 2.05) is 12.2 Å². The summed E-state index contributed by atoms with van der Waals surface area (Å²) in [5.41, 5.74) is 1.59. The summed E-state index contributed by atoms with van der Waals surface area (Å²) in [5, 5.41) is 5.92. The van der Waals surface area contributed by atoms with E-state index in [1.54, 1.807) is 12.3 Å². The predicted molar refractivity (Wildman–Crippen MR) is 90.0 cm³/mol. The van der Waals surface area contributed by atoms with Crippen LogP contribution >= 0.6 is 0 Å². The summed E-state index contributed by atoms with van der Waals surface area (Å²) in [6.07, 6.45) is -1.27. The van der Waals surface area contributed by atoms with Crippen LogP contribution in [-0.4, -0.2) is 52.8 Å². The number of amides is 2. The molecule has 1 fully saturated rings. The summed E-state index contributed by atoms with van der Waals surface area (Å²) in [6, 6.07) is 0.866.